The lowest BCUT2D eigenvalue weighted by molar-refractivity contribution is -0.120. The zero-order chi connectivity index (χ0) is 15.1. The van der Waals surface area contributed by atoms with Gasteiger partial charge in [-0.05, 0) is 19.0 Å². The monoisotopic (exact) mass is 290 g/mol. The molecule has 1 aliphatic rings. The van der Waals surface area contributed by atoms with Crippen molar-refractivity contribution >= 4 is 5.91 Å². The van der Waals surface area contributed by atoms with Gasteiger partial charge in [0.2, 0.25) is 5.91 Å². The van der Waals surface area contributed by atoms with Crippen molar-refractivity contribution < 1.29 is 4.79 Å². The van der Waals surface area contributed by atoms with E-state index in [4.69, 9.17) is 5.73 Å². The molecule has 2 rings (SSSR count). The minimum absolute atomic E-state index is 0.0496. The summed E-state index contributed by atoms with van der Waals surface area (Å²) in [5, 5.41) is 3.05. The third-order valence-corrected chi connectivity index (χ3v) is 3.95. The van der Waals surface area contributed by atoms with Crippen molar-refractivity contribution in [3.8, 4) is 0 Å². The summed E-state index contributed by atoms with van der Waals surface area (Å²) < 4.78 is 0. The van der Waals surface area contributed by atoms with Crippen molar-refractivity contribution in [3.05, 3.63) is 35.9 Å². The van der Waals surface area contributed by atoms with Crippen LogP contribution in [0.1, 0.15) is 5.56 Å². The summed E-state index contributed by atoms with van der Waals surface area (Å²) >= 11 is 0. The van der Waals surface area contributed by atoms with E-state index in [-0.39, 0.29) is 18.5 Å². The van der Waals surface area contributed by atoms with Crippen LogP contribution in [-0.2, 0) is 11.2 Å². The van der Waals surface area contributed by atoms with E-state index in [1.807, 2.05) is 18.2 Å². The number of amides is 1. The molecule has 0 radical (unpaired) electrons. The molecule has 116 valence electrons. The predicted molar refractivity (Wildman–Crippen MR) is 85.1 cm³/mol. The molecule has 0 bridgehead atoms. The molecule has 1 unspecified atom stereocenters. The van der Waals surface area contributed by atoms with Crippen molar-refractivity contribution in [2.24, 2.45) is 5.73 Å². The molecule has 0 saturated carbocycles. The maximum atomic E-state index is 11.6. The number of carbonyl (C=O) groups is 1. The van der Waals surface area contributed by atoms with Crippen LogP contribution in [0.5, 0.6) is 0 Å². The summed E-state index contributed by atoms with van der Waals surface area (Å²) in [6, 6.07) is 10.4. The highest BCUT2D eigenvalue weighted by Gasteiger charge is 2.19. The largest absolute Gasteiger partial charge is 0.351 e. The number of hydrogen-bond acceptors (Lipinski definition) is 4. The first-order chi connectivity index (χ1) is 10.2. The normalized spacial score (nSPS) is 18.4. The number of likely N-dealkylation sites (N-methyl/N-ethyl adjacent to an activating group) is 1. The lowest BCUT2D eigenvalue weighted by Gasteiger charge is -2.35. The van der Waals surface area contributed by atoms with Gasteiger partial charge in [-0.1, -0.05) is 30.3 Å². The van der Waals surface area contributed by atoms with Crippen LogP contribution in [-0.4, -0.2) is 68.1 Å². The highest BCUT2D eigenvalue weighted by molar-refractivity contribution is 5.78. The molecule has 5 nitrogen and oxygen atoms in total. The zero-order valence-corrected chi connectivity index (χ0v) is 12.8. The van der Waals surface area contributed by atoms with Crippen molar-refractivity contribution in [2.45, 2.75) is 12.5 Å². The summed E-state index contributed by atoms with van der Waals surface area (Å²) in [6.45, 7) is 5.22. The SMILES string of the molecule is CN1CCN(CC(Cc2ccccc2)NC(=O)CN)CC1. The maximum Gasteiger partial charge on any atom is 0.234 e. The van der Waals surface area contributed by atoms with Crippen LogP contribution in [0.25, 0.3) is 0 Å². The van der Waals surface area contributed by atoms with Crippen LogP contribution in [0.4, 0.5) is 0 Å². The van der Waals surface area contributed by atoms with Gasteiger partial charge in [-0.2, -0.15) is 0 Å². The van der Waals surface area contributed by atoms with Crippen molar-refractivity contribution in [2.75, 3.05) is 46.3 Å². The number of carbonyl (C=O) groups excluding carboxylic acids is 1. The molecule has 1 aromatic rings. The number of hydrogen-bond donors (Lipinski definition) is 2. The molecule has 1 amide bonds. The highest BCUT2D eigenvalue weighted by atomic mass is 16.1. The second kappa shape index (κ2) is 8.12. The summed E-state index contributed by atoms with van der Waals surface area (Å²) in [5.41, 5.74) is 6.68. The molecule has 1 heterocycles. The van der Waals surface area contributed by atoms with E-state index >= 15 is 0 Å². The van der Waals surface area contributed by atoms with Gasteiger partial charge in [-0.25, -0.2) is 0 Å². The molecule has 1 atom stereocenters. The number of benzene rings is 1. The Bertz CT molecular complexity index is 429. The van der Waals surface area contributed by atoms with Gasteiger partial charge >= 0.3 is 0 Å². The van der Waals surface area contributed by atoms with E-state index in [1.165, 1.54) is 5.56 Å². The van der Waals surface area contributed by atoms with Gasteiger partial charge in [0, 0.05) is 38.8 Å². The standard InChI is InChI=1S/C16H26N4O/c1-19-7-9-20(10-8-19)13-15(18-16(21)12-17)11-14-5-3-2-4-6-14/h2-6,15H,7-13,17H2,1H3,(H,18,21). The molecule has 1 saturated heterocycles. The van der Waals surface area contributed by atoms with E-state index in [2.05, 4.69) is 34.3 Å². The van der Waals surface area contributed by atoms with Gasteiger partial charge in [-0.15, -0.1) is 0 Å². The Morgan fingerprint density at radius 3 is 2.52 bits per heavy atom. The van der Waals surface area contributed by atoms with Gasteiger partial charge in [0.1, 0.15) is 0 Å². The Kier molecular flexibility index (Phi) is 6.17. The Morgan fingerprint density at radius 1 is 1.24 bits per heavy atom. The first-order valence-electron chi connectivity index (χ1n) is 7.61. The van der Waals surface area contributed by atoms with Crippen LogP contribution in [0.15, 0.2) is 30.3 Å². The molecule has 0 spiro atoms. The number of nitrogens with one attached hydrogen (secondary N) is 1. The van der Waals surface area contributed by atoms with Gasteiger partial charge in [0.15, 0.2) is 0 Å². The van der Waals surface area contributed by atoms with E-state index in [0.717, 1.165) is 39.1 Å². The first-order valence-corrected chi connectivity index (χ1v) is 7.61. The summed E-state index contributed by atoms with van der Waals surface area (Å²) in [5.74, 6) is -0.0786. The smallest absolute Gasteiger partial charge is 0.234 e. The minimum atomic E-state index is -0.0786. The van der Waals surface area contributed by atoms with Crippen molar-refractivity contribution in [3.63, 3.8) is 0 Å². The second-order valence-electron chi connectivity index (χ2n) is 5.76. The molecule has 5 heteroatoms. The van der Waals surface area contributed by atoms with Crippen LogP contribution >= 0.6 is 0 Å². The fraction of sp³-hybridized carbons (Fsp3) is 0.562. The molecule has 21 heavy (non-hydrogen) atoms. The lowest BCUT2D eigenvalue weighted by atomic mass is 10.0. The second-order valence-corrected chi connectivity index (χ2v) is 5.76. The van der Waals surface area contributed by atoms with Crippen molar-refractivity contribution in [1.82, 2.24) is 15.1 Å². The lowest BCUT2D eigenvalue weighted by Crippen LogP contribution is -2.51. The Labute approximate surface area is 127 Å². The van der Waals surface area contributed by atoms with E-state index in [0.29, 0.717) is 0 Å². The molecule has 0 aliphatic carbocycles. The number of nitrogens with zero attached hydrogens (tertiary/aromatic N) is 2. The van der Waals surface area contributed by atoms with Gasteiger partial charge in [-0.3, -0.25) is 9.69 Å². The topological polar surface area (TPSA) is 61.6 Å². The van der Waals surface area contributed by atoms with Crippen LogP contribution in [0, 0.1) is 0 Å². The molecule has 1 fully saturated rings. The number of rotatable bonds is 6. The van der Waals surface area contributed by atoms with Gasteiger partial charge in [0.25, 0.3) is 0 Å². The fourth-order valence-electron chi connectivity index (χ4n) is 2.69. The van der Waals surface area contributed by atoms with Crippen molar-refractivity contribution in [1.29, 1.82) is 0 Å². The summed E-state index contributed by atoms with van der Waals surface area (Å²) in [6.07, 6.45) is 0.846. The highest BCUT2D eigenvalue weighted by Crippen LogP contribution is 2.07. The summed E-state index contributed by atoms with van der Waals surface area (Å²) in [4.78, 5) is 16.4. The average Bonchev–Trinajstić information content (AvgIpc) is 2.50. The number of nitrogens with two attached hydrogens (primary N) is 1. The average molecular weight is 290 g/mol. The fourth-order valence-corrected chi connectivity index (χ4v) is 2.69. The van der Waals surface area contributed by atoms with E-state index < -0.39 is 0 Å². The molecular weight excluding hydrogens is 264 g/mol. The van der Waals surface area contributed by atoms with E-state index in [1.54, 1.807) is 0 Å². The van der Waals surface area contributed by atoms with Gasteiger partial charge < -0.3 is 16.0 Å². The predicted octanol–water partition coefficient (Wildman–Crippen LogP) is -0.0800. The third-order valence-electron chi connectivity index (χ3n) is 3.95. The maximum absolute atomic E-state index is 11.6. The minimum Gasteiger partial charge on any atom is -0.351 e. The quantitative estimate of drug-likeness (QED) is 0.769. The third kappa shape index (κ3) is 5.46. The summed E-state index contributed by atoms with van der Waals surface area (Å²) in [7, 11) is 2.15. The molecule has 0 aromatic heterocycles. The number of piperazine rings is 1. The van der Waals surface area contributed by atoms with Crippen LogP contribution in [0.2, 0.25) is 0 Å². The molecule has 1 aliphatic heterocycles. The zero-order valence-electron chi connectivity index (χ0n) is 12.8. The molecule has 3 N–H and O–H groups in total. The van der Waals surface area contributed by atoms with Gasteiger partial charge in [0.05, 0.1) is 6.54 Å². The molecular formula is C16H26N4O. The van der Waals surface area contributed by atoms with Crippen LogP contribution in [0.3, 0.4) is 0 Å². The van der Waals surface area contributed by atoms with E-state index in [9.17, 15) is 4.79 Å². The Balaban J connectivity index is 1.93. The Morgan fingerprint density at radius 2 is 1.90 bits per heavy atom. The van der Waals surface area contributed by atoms with Crippen LogP contribution < -0.4 is 11.1 Å². The Hall–Kier alpha value is -1.43. The first kappa shape index (κ1) is 15.9. The molecule has 1 aromatic carbocycles.